The van der Waals surface area contributed by atoms with Gasteiger partial charge in [0.05, 0.1) is 0 Å². The van der Waals surface area contributed by atoms with Gasteiger partial charge in [0.15, 0.2) is 0 Å². The minimum Gasteiger partial charge on any atom is -0.323 e. The third-order valence-electron chi connectivity index (χ3n) is 2.57. The number of nitrogens with one attached hydrogen (secondary N) is 2. The van der Waals surface area contributed by atoms with E-state index in [0.29, 0.717) is 19.3 Å². The minimum absolute atomic E-state index is 0.0450. The highest BCUT2D eigenvalue weighted by Crippen LogP contribution is 2.28. The topological polar surface area (TPSA) is 75.3 Å². The Hall–Kier alpha value is -1.39. The fourth-order valence-corrected chi connectivity index (χ4v) is 1.93. The predicted octanol–water partition coefficient (Wildman–Crippen LogP) is -0.292. The summed E-state index contributed by atoms with van der Waals surface area (Å²) in [4.78, 5) is 33.4. The molecule has 70 valence electrons. The number of rotatable bonds is 0. The van der Waals surface area contributed by atoms with Crippen molar-refractivity contribution < 1.29 is 14.4 Å². The van der Waals surface area contributed by atoms with Crippen LogP contribution in [-0.2, 0) is 9.59 Å². The Morgan fingerprint density at radius 1 is 1.23 bits per heavy atom. The summed E-state index contributed by atoms with van der Waals surface area (Å²) >= 11 is 0. The van der Waals surface area contributed by atoms with Crippen molar-refractivity contribution in [1.29, 1.82) is 0 Å². The summed E-state index contributed by atoms with van der Waals surface area (Å²) in [7, 11) is 0. The quantitative estimate of drug-likeness (QED) is 0.505. The molecule has 1 aliphatic heterocycles. The van der Waals surface area contributed by atoms with Gasteiger partial charge in [0, 0.05) is 12.8 Å². The van der Waals surface area contributed by atoms with Gasteiger partial charge in [0.1, 0.15) is 11.3 Å². The molecule has 1 heterocycles. The van der Waals surface area contributed by atoms with Crippen LogP contribution in [0.1, 0.15) is 25.7 Å². The molecule has 2 aliphatic rings. The second kappa shape index (κ2) is 2.55. The highest BCUT2D eigenvalue weighted by Gasteiger charge is 2.48. The van der Waals surface area contributed by atoms with Gasteiger partial charge in [0.25, 0.3) is 5.91 Å². The van der Waals surface area contributed by atoms with Crippen molar-refractivity contribution in [2.45, 2.75) is 31.2 Å². The molecule has 5 nitrogen and oxygen atoms in total. The summed E-state index contributed by atoms with van der Waals surface area (Å²) in [5.41, 5.74) is -0.924. The number of hydrogen-bond acceptors (Lipinski definition) is 3. The normalized spacial score (nSPS) is 33.4. The highest BCUT2D eigenvalue weighted by molar-refractivity contribution is 6.09. The van der Waals surface area contributed by atoms with Crippen molar-refractivity contribution in [3.63, 3.8) is 0 Å². The average molecular weight is 182 g/mol. The molecule has 2 rings (SSSR count). The van der Waals surface area contributed by atoms with E-state index in [0.717, 1.165) is 0 Å². The van der Waals surface area contributed by atoms with E-state index in [1.807, 2.05) is 0 Å². The van der Waals surface area contributed by atoms with E-state index in [4.69, 9.17) is 0 Å². The predicted molar refractivity (Wildman–Crippen MR) is 42.9 cm³/mol. The lowest BCUT2D eigenvalue weighted by molar-refractivity contribution is -0.131. The van der Waals surface area contributed by atoms with Crippen LogP contribution in [0.5, 0.6) is 0 Å². The van der Waals surface area contributed by atoms with Gasteiger partial charge in [-0.25, -0.2) is 4.79 Å². The maximum absolute atomic E-state index is 11.4. The van der Waals surface area contributed by atoms with E-state index in [2.05, 4.69) is 10.6 Å². The van der Waals surface area contributed by atoms with Gasteiger partial charge in [-0.3, -0.25) is 14.9 Å². The SMILES string of the molecule is O=C1CCC[C@]2(C1)NC(=O)NC2=O. The molecule has 0 unspecified atom stereocenters. The Bertz CT molecular complexity index is 300. The molecule has 2 fully saturated rings. The first-order valence-electron chi connectivity index (χ1n) is 4.28. The van der Waals surface area contributed by atoms with Crippen LogP contribution in [0.4, 0.5) is 4.79 Å². The first kappa shape index (κ1) is 8.22. The zero-order valence-electron chi connectivity index (χ0n) is 7.05. The second-order valence-electron chi connectivity index (χ2n) is 3.56. The van der Waals surface area contributed by atoms with Gasteiger partial charge in [-0.15, -0.1) is 0 Å². The first-order valence-corrected chi connectivity index (χ1v) is 4.28. The lowest BCUT2D eigenvalue weighted by Crippen LogP contribution is -2.50. The molecule has 0 aromatic rings. The van der Waals surface area contributed by atoms with Crippen LogP contribution in [-0.4, -0.2) is 23.3 Å². The van der Waals surface area contributed by atoms with Crippen molar-refractivity contribution in [2.75, 3.05) is 0 Å². The van der Waals surface area contributed by atoms with Gasteiger partial charge in [-0.1, -0.05) is 0 Å². The third-order valence-corrected chi connectivity index (χ3v) is 2.57. The highest BCUT2D eigenvalue weighted by atomic mass is 16.2. The Morgan fingerprint density at radius 3 is 2.54 bits per heavy atom. The zero-order chi connectivity index (χ0) is 9.47. The smallest absolute Gasteiger partial charge is 0.322 e. The number of carbonyl (C=O) groups is 3. The van der Waals surface area contributed by atoms with Crippen molar-refractivity contribution in [3.8, 4) is 0 Å². The number of amides is 3. The largest absolute Gasteiger partial charge is 0.323 e. The maximum atomic E-state index is 11.4. The summed E-state index contributed by atoms with van der Waals surface area (Å²) in [5, 5.41) is 4.69. The molecule has 1 atom stereocenters. The van der Waals surface area contributed by atoms with Crippen molar-refractivity contribution in [3.05, 3.63) is 0 Å². The number of imide groups is 1. The Morgan fingerprint density at radius 2 is 2.00 bits per heavy atom. The van der Waals surface area contributed by atoms with Gasteiger partial charge in [-0.2, -0.15) is 0 Å². The number of urea groups is 1. The number of hydrogen-bond donors (Lipinski definition) is 2. The fraction of sp³-hybridized carbons (Fsp3) is 0.625. The van der Waals surface area contributed by atoms with Crippen molar-refractivity contribution in [2.24, 2.45) is 0 Å². The summed E-state index contributed by atoms with van der Waals surface area (Å²) < 4.78 is 0. The first-order chi connectivity index (χ1) is 6.12. The Labute approximate surface area is 74.9 Å². The van der Waals surface area contributed by atoms with Crippen molar-refractivity contribution in [1.82, 2.24) is 10.6 Å². The second-order valence-corrected chi connectivity index (χ2v) is 3.56. The molecule has 1 spiro atoms. The van der Waals surface area contributed by atoms with E-state index in [-0.39, 0.29) is 18.1 Å². The van der Waals surface area contributed by atoms with Crippen LogP contribution < -0.4 is 10.6 Å². The Balaban J connectivity index is 2.24. The van der Waals surface area contributed by atoms with E-state index in [1.165, 1.54) is 0 Å². The molecule has 0 aromatic heterocycles. The lowest BCUT2D eigenvalue weighted by Gasteiger charge is -2.28. The Kier molecular flexibility index (Phi) is 1.61. The van der Waals surface area contributed by atoms with E-state index in [9.17, 15) is 14.4 Å². The standard InChI is InChI=1S/C8H10N2O3/c11-5-2-1-3-8(4-5)6(12)9-7(13)10-8/h1-4H2,(H2,9,10,12,13)/t8-/m1/s1. The summed E-state index contributed by atoms with van der Waals surface area (Å²) in [5.74, 6) is -0.311. The fourth-order valence-electron chi connectivity index (χ4n) is 1.93. The molecular weight excluding hydrogens is 172 g/mol. The average Bonchev–Trinajstić information content (AvgIpc) is 2.26. The summed E-state index contributed by atoms with van der Waals surface area (Å²) in [6, 6.07) is -0.486. The van der Waals surface area contributed by atoms with Gasteiger partial charge in [0.2, 0.25) is 0 Å². The molecular formula is C8H10N2O3. The third kappa shape index (κ3) is 1.20. The van der Waals surface area contributed by atoms with E-state index < -0.39 is 11.6 Å². The van der Waals surface area contributed by atoms with Crippen LogP contribution in [0.2, 0.25) is 0 Å². The van der Waals surface area contributed by atoms with Crippen LogP contribution in [0, 0.1) is 0 Å². The molecule has 0 bridgehead atoms. The minimum atomic E-state index is -0.924. The molecule has 3 amide bonds. The van der Waals surface area contributed by atoms with Gasteiger partial charge in [-0.05, 0) is 12.8 Å². The number of carbonyl (C=O) groups excluding carboxylic acids is 3. The van der Waals surface area contributed by atoms with Gasteiger partial charge >= 0.3 is 6.03 Å². The lowest BCUT2D eigenvalue weighted by atomic mass is 9.81. The van der Waals surface area contributed by atoms with Crippen LogP contribution in [0.3, 0.4) is 0 Å². The molecule has 1 saturated carbocycles. The summed E-state index contributed by atoms with van der Waals surface area (Å²) in [6.45, 7) is 0. The van der Waals surface area contributed by atoms with Gasteiger partial charge < -0.3 is 5.32 Å². The molecule has 5 heteroatoms. The number of Topliss-reactive ketones (excluding diaryl/α,β-unsaturated/α-hetero) is 1. The summed E-state index contributed by atoms with van der Waals surface area (Å²) in [6.07, 6.45) is 1.90. The molecule has 13 heavy (non-hydrogen) atoms. The molecule has 0 radical (unpaired) electrons. The molecule has 0 aromatic carbocycles. The zero-order valence-corrected chi connectivity index (χ0v) is 7.05. The molecule has 1 aliphatic carbocycles. The van der Waals surface area contributed by atoms with E-state index in [1.54, 1.807) is 0 Å². The maximum Gasteiger partial charge on any atom is 0.322 e. The van der Waals surface area contributed by atoms with Crippen LogP contribution >= 0.6 is 0 Å². The number of ketones is 1. The van der Waals surface area contributed by atoms with E-state index >= 15 is 0 Å². The van der Waals surface area contributed by atoms with Crippen LogP contribution in [0.15, 0.2) is 0 Å². The van der Waals surface area contributed by atoms with Crippen LogP contribution in [0.25, 0.3) is 0 Å². The monoisotopic (exact) mass is 182 g/mol. The van der Waals surface area contributed by atoms with Crippen molar-refractivity contribution >= 4 is 17.7 Å². The molecule has 1 saturated heterocycles. The molecule has 2 N–H and O–H groups in total.